The van der Waals surface area contributed by atoms with E-state index in [0.717, 1.165) is 29.1 Å². The van der Waals surface area contributed by atoms with Gasteiger partial charge in [0.2, 0.25) is 0 Å². The second kappa shape index (κ2) is 8.78. The Hall–Kier alpha value is -2.34. The molecule has 0 radical (unpaired) electrons. The molecule has 0 spiro atoms. The lowest BCUT2D eigenvalue weighted by atomic mass is 9.97. The third kappa shape index (κ3) is 4.55. The Kier molecular flexibility index (Phi) is 5.95. The third-order valence-electron chi connectivity index (χ3n) is 5.07. The summed E-state index contributed by atoms with van der Waals surface area (Å²) in [6, 6.07) is 18.3. The molecule has 0 saturated carbocycles. The average Bonchev–Trinajstić information content (AvgIpc) is 2.74. The van der Waals surface area contributed by atoms with Crippen LogP contribution in [0.5, 0.6) is 5.75 Å². The molecular weight excluding hydrogens is 368 g/mol. The fourth-order valence-corrected chi connectivity index (χ4v) is 3.64. The number of nitrogens with one attached hydrogen (secondary N) is 1. The molecule has 2 aromatic carbocycles. The van der Waals surface area contributed by atoms with Gasteiger partial charge in [0.1, 0.15) is 11.9 Å². The van der Waals surface area contributed by atoms with Crippen molar-refractivity contribution in [3.63, 3.8) is 0 Å². The molecule has 0 saturated heterocycles. The van der Waals surface area contributed by atoms with Gasteiger partial charge in [-0.25, -0.2) is 0 Å². The summed E-state index contributed by atoms with van der Waals surface area (Å²) in [6.45, 7) is 1.19. The average molecular weight is 393 g/mol. The third-order valence-corrected chi connectivity index (χ3v) is 5.37. The Labute approximate surface area is 171 Å². The van der Waals surface area contributed by atoms with E-state index in [1.807, 2.05) is 24.3 Å². The summed E-state index contributed by atoms with van der Waals surface area (Å²) in [6.07, 6.45) is 4.91. The van der Waals surface area contributed by atoms with Crippen LogP contribution in [0.25, 0.3) is 11.1 Å². The largest absolute Gasteiger partial charge is 0.489 e. The molecule has 1 aromatic heterocycles. The number of hydrogen-bond donors (Lipinski definition) is 3. The molecular formula is C23H24N2O2S. The smallest absolute Gasteiger partial charge is 0.123 e. The van der Waals surface area contributed by atoms with E-state index >= 15 is 0 Å². The van der Waals surface area contributed by atoms with Gasteiger partial charge in [-0.05, 0) is 59.9 Å². The number of aliphatic hydroxyl groups is 1. The Morgan fingerprint density at radius 1 is 1.14 bits per heavy atom. The molecule has 5 heteroatoms. The normalized spacial score (nSPS) is 16.9. The predicted octanol–water partition coefficient (Wildman–Crippen LogP) is 4.05. The maximum Gasteiger partial charge on any atom is 0.123 e. The zero-order valence-corrected chi connectivity index (χ0v) is 16.5. The van der Waals surface area contributed by atoms with Crippen LogP contribution in [0.3, 0.4) is 0 Å². The first-order chi connectivity index (χ1) is 13.7. The van der Waals surface area contributed by atoms with Gasteiger partial charge in [-0.3, -0.25) is 4.98 Å². The molecule has 4 rings (SSSR count). The van der Waals surface area contributed by atoms with Crippen molar-refractivity contribution in [1.82, 2.24) is 10.3 Å². The van der Waals surface area contributed by atoms with Crippen molar-refractivity contribution in [1.29, 1.82) is 0 Å². The van der Waals surface area contributed by atoms with Gasteiger partial charge in [-0.2, -0.15) is 0 Å². The molecule has 4 nitrogen and oxygen atoms in total. The Bertz CT molecular complexity index is 916. The Morgan fingerprint density at radius 2 is 1.96 bits per heavy atom. The summed E-state index contributed by atoms with van der Waals surface area (Å²) in [5, 5.41) is 13.5. The van der Waals surface area contributed by atoms with Crippen molar-refractivity contribution in [2.24, 2.45) is 0 Å². The molecule has 2 N–H and O–H groups in total. The second-order valence-corrected chi connectivity index (χ2v) is 7.62. The lowest BCUT2D eigenvalue weighted by Crippen LogP contribution is -2.36. The van der Waals surface area contributed by atoms with Crippen molar-refractivity contribution in [2.75, 3.05) is 13.1 Å². The van der Waals surface area contributed by atoms with E-state index in [9.17, 15) is 5.11 Å². The number of fused-ring (bicyclic) bond motifs is 1. The van der Waals surface area contributed by atoms with Crippen molar-refractivity contribution in [2.45, 2.75) is 29.9 Å². The fourth-order valence-electron chi connectivity index (χ4n) is 3.49. The second-order valence-electron chi connectivity index (χ2n) is 7.11. The minimum absolute atomic E-state index is 0.114. The maximum absolute atomic E-state index is 10.2. The van der Waals surface area contributed by atoms with Gasteiger partial charge in [-0.1, -0.05) is 24.3 Å². The van der Waals surface area contributed by atoms with Gasteiger partial charge in [0, 0.05) is 35.9 Å². The summed E-state index contributed by atoms with van der Waals surface area (Å²) < 4.78 is 6.16. The minimum atomic E-state index is -0.559. The van der Waals surface area contributed by atoms with Crippen molar-refractivity contribution in [3.05, 3.63) is 78.1 Å². The fraction of sp³-hybridized carbons (Fsp3) is 0.261. The number of aromatic nitrogens is 1. The monoisotopic (exact) mass is 392 g/mol. The predicted molar refractivity (Wildman–Crippen MR) is 114 cm³/mol. The highest BCUT2D eigenvalue weighted by Gasteiger charge is 2.20. The van der Waals surface area contributed by atoms with E-state index < -0.39 is 6.10 Å². The van der Waals surface area contributed by atoms with E-state index in [0.29, 0.717) is 13.1 Å². The zero-order valence-electron chi connectivity index (χ0n) is 15.6. The molecule has 28 heavy (non-hydrogen) atoms. The lowest BCUT2D eigenvalue weighted by molar-refractivity contribution is 0.146. The van der Waals surface area contributed by atoms with E-state index in [1.54, 1.807) is 12.4 Å². The molecule has 0 bridgehead atoms. The van der Waals surface area contributed by atoms with Crippen molar-refractivity contribution >= 4 is 12.6 Å². The quantitative estimate of drug-likeness (QED) is 0.554. The van der Waals surface area contributed by atoms with Crippen LogP contribution in [-0.2, 0) is 6.42 Å². The zero-order chi connectivity index (χ0) is 19.3. The summed E-state index contributed by atoms with van der Waals surface area (Å²) in [4.78, 5) is 5.01. The Balaban J connectivity index is 1.33. The molecule has 2 atom stereocenters. The summed E-state index contributed by atoms with van der Waals surface area (Å²) in [5.74, 6) is 0.959. The highest BCUT2D eigenvalue weighted by Crippen LogP contribution is 2.32. The molecule has 0 aliphatic carbocycles. The first kappa shape index (κ1) is 19.0. The standard InChI is InChI=1S/C23H24N2O2S/c26-22(19-2-1-11-24-13-19)15-25-14-20-7-3-18-12-17(6-10-23(18)27-20)16-4-8-21(28)9-5-16/h1-2,4-6,8-13,20,22,25-26,28H,3,7,14-15H2. The molecule has 3 aromatic rings. The molecule has 2 heterocycles. The minimum Gasteiger partial charge on any atom is -0.489 e. The molecule has 144 valence electrons. The van der Waals surface area contributed by atoms with Gasteiger partial charge < -0.3 is 15.2 Å². The van der Waals surface area contributed by atoms with Crippen LogP contribution in [-0.4, -0.2) is 29.3 Å². The number of thiol groups is 1. The maximum atomic E-state index is 10.2. The molecule has 0 fully saturated rings. The number of aryl methyl sites for hydroxylation is 1. The van der Waals surface area contributed by atoms with E-state index in [1.165, 1.54) is 16.7 Å². The molecule has 1 aliphatic rings. The number of hydrogen-bond acceptors (Lipinski definition) is 5. The van der Waals surface area contributed by atoms with Gasteiger partial charge >= 0.3 is 0 Å². The number of pyridine rings is 1. The van der Waals surface area contributed by atoms with Gasteiger partial charge in [-0.15, -0.1) is 12.6 Å². The van der Waals surface area contributed by atoms with Gasteiger partial charge in [0.25, 0.3) is 0 Å². The van der Waals surface area contributed by atoms with Crippen LogP contribution in [0.15, 0.2) is 71.9 Å². The van der Waals surface area contributed by atoms with Crippen LogP contribution in [0.4, 0.5) is 0 Å². The van der Waals surface area contributed by atoms with Crippen molar-refractivity contribution in [3.8, 4) is 16.9 Å². The first-order valence-corrected chi connectivity index (χ1v) is 10.0. The van der Waals surface area contributed by atoms with Crippen LogP contribution in [0.2, 0.25) is 0 Å². The van der Waals surface area contributed by atoms with Gasteiger partial charge in [0.05, 0.1) is 6.10 Å². The number of ether oxygens (including phenoxy) is 1. The summed E-state index contributed by atoms with van der Waals surface area (Å²) in [7, 11) is 0. The van der Waals surface area contributed by atoms with Gasteiger partial charge in [0.15, 0.2) is 0 Å². The summed E-state index contributed by atoms with van der Waals surface area (Å²) in [5.41, 5.74) is 4.46. The van der Waals surface area contributed by atoms with Crippen LogP contribution in [0.1, 0.15) is 23.7 Å². The van der Waals surface area contributed by atoms with E-state index in [-0.39, 0.29) is 6.10 Å². The van der Waals surface area contributed by atoms with Crippen molar-refractivity contribution < 1.29 is 9.84 Å². The first-order valence-electron chi connectivity index (χ1n) is 9.57. The highest BCUT2D eigenvalue weighted by atomic mass is 32.1. The molecule has 0 amide bonds. The summed E-state index contributed by atoms with van der Waals surface area (Å²) >= 11 is 4.35. The molecule has 1 aliphatic heterocycles. The Morgan fingerprint density at radius 3 is 2.75 bits per heavy atom. The number of aliphatic hydroxyl groups excluding tert-OH is 1. The topological polar surface area (TPSA) is 54.4 Å². The lowest BCUT2D eigenvalue weighted by Gasteiger charge is -2.27. The van der Waals surface area contributed by atoms with Crippen LogP contribution < -0.4 is 10.1 Å². The number of benzene rings is 2. The van der Waals surface area contributed by atoms with E-state index in [4.69, 9.17) is 4.74 Å². The highest BCUT2D eigenvalue weighted by molar-refractivity contribution is 7.80. The van der Waals surface area contributed by atoms with Crippen LogP contribution in [0, 0.1) is 0 Å². The van der Waals surface area contributed by atoms with E-state index in [2.05, 4.69) is 53.3 Å². The molecule has 2 unspecified atom stereocenters. The number of rotatable bonds is 6. The number of nitrogens with zero attached hydrogens (tertiary/aromatic N) is 1. The van der Waals surface area contributed by atoms with Crippen LogP contribution >= 0.6 is 12.6 Å². The SMILES string of the molecule is OC(CNCC1CCc2cc(-c3ccc(S)cc3)ccc2O1)c1cccnc1.